The number of hydrogen-bond acceptors (Lipinski definition) is 3. The molecular formula is C43H29NOS. The van der Waals surface area contributed by atoms with E-state index >= 15 is 0 Å². The van der Waals surface area contributed by atoms with Gasteiger partial charge in [0.25, 0.3) is 0 Å². The number of benzene rings is 7. The molecule has 1 aliphatic carbocycles. The van der Waals surface area contributed by atoms with Crippen LogP contribution in [-0.2, 0) is 5.41 Å². The molecule has 0 spiro atoms. The maximum Gasteiger partial charge on any atom is 0.159 e. The summed E-state index contributed by atoms with van der Waals surface area (Å²) in [6.07, 6.45) is 0. The highest BCUT2D eigenvalue weighted by Crippen LogP contribution is 2.56. The summed E-state index contributed by atoms with van der Waals surface area (Å²) in [5.74, 6) is 0. The number of anilines is 3. The van der Waals surface area contributed by atoms with Crippen molar-refractivity contribution in [3.05, 3.63) is 151 Å². The Bertz CT molecular complexity index is 2680. The Morgan fingerprint density at radius 1 is 0.543 bits per heavy atom. The van der Waals surface area contributed by atoms with Gasteiger partial charge in [-0.2, -0.15) is 0 Å². The number of para-hydroxylation sites is 2. The first-order chi connectivity index (χ1) is 22.6. The molecule has 0 amide bonds. The van der Waals surface area contributed by atoms with E-state index in [0.29, 0.717) is 0 Å². The molecule has 0 aliphatic heterocycles. The molecule has 0 unspecified atom stereocenters. The summed E-state index contributed by atoms with van der Waals surface area (Å²) < 4.78 is 9.79. The number of fused-ring (bicyclic) bond motifs is 13. The molecule has 0 N–H and O–H groups in total. The van der Waals surface area contributed by atoms with E-state index in [1.54, 1.807) is 0 Å². The maximum atomic E-state index is 7.21. The molecule has 7 aromatic carbocycles. The molecule has 9 aromatic rings. The molecule has 0 saturated carbocycles. The van der Waals surface area contributed by atoms with Gasteiger partial charge in [-0.15, -0.1) is 11.3 Å². The molecule has 2 heterocycles. The minimum atomic E-state index is -0.142. The van der Waals surface area contributed by atoms with E-state index in [-0.39, 0.29) is 5.41 Å². The van der Waals surface area contributed by atoms with Gasteiger partial charge in [0, 0.05) is 53.3 Å². The molecular weight excluding hydrogens is 579 g/mol. The van der Waals surface area contributed by atoms with E-state index in [9.17, 15) is 0 Å². The molecule has 46 heavy (non-hydrogen) atoms. The Balaban J connectivity index is 1.31. The fourth-order valence-electron chi connectivity index (χ4n) is 8.04. The van der Waals surface area contributed by atoms with Gasteiger partial charge in [0.15, 0.2) is 5.58 Å². The molecule has 2 nitrogen and oxygen atoms in total. The van der Waals surface area contributed by atoms with Crippen molar-refractivity contribution in [2.75, 3.05) is 4.90 Å². The fourth-order valence-corrected chi connectivity index (χ4v) is 9.18. The van der Waals surface area contributed by atoms with Crippen LogP contribution >= 0.6 is 11.3 Å². The number of furan rings is 1. The van der Waals surface area contributed by atoms with Gasteiger partial charge in [0.1, 0.15) is 5.58 Å². The van der Waals surface area contributed by atoms with E-state index in [1.807, 2.05) is 11.3 Å². The maximum absolute atomic E-state index is 7.21. The van der Waals surface area contributed by atoms with E-state index in [1.165, 1.54) is 58.6 Å². The molecule has 0 radical (unpaired) electrons. The average Bonchev–Trinajstić information content (AvgIpc) is 3.74. The lowest BCUT2D eigenvalue weighted by Crippen LogP contribution is -2.15. The van der Waals surface area contributed by atoms with Crippen LogP contribution in [-0.4, -0.2) is 0 Å². The first kappa shape index (κ1) is 25.9. The molecule has 0 saturated heterocycles. The Morgan fingerprint density at radius 3 is 2.11 bits per heavy atom. The summed E-state index contributed by atoms with van der Waals surface area (Å²) in [7, 11) is 0. The van der Waals surface area contributed by atoms with Crippen molar-refractivity contribution < 1.29 is 4.42 Å². The van der Waals surface area contributed by atoms with Gasteiger partial charge in [-0.05, 0) is 63.9 Å². The van der Waals surface area contributed by atoms with E-state index in [4.69, 9.17) is 4.42 Å². The summed E-state index contributed by atoms with van der Waals surface area (Å²) in [6, 6.07) is 50.6. The summed E-state index contributed by atoms with van der Waals surface area (Å²) in [4.78, 5) is 2.36. The average molecular weight is 608 g/mol. The fraction of sp³-hybridized carbons (Fsp3) is 0.0698. The third kappa shape index (κ3) is 3.41. The van der Waals surface area contributed by atoms with Gasteiger partial charge in [0.2, 0.25) is 0 Å². The van der Waals surface area contributed by atoms with Crippen molar-refractivity contribution in [2.45, 2.75) is 19.3 Å². The zero-order valence-corrected chi connectivity index (χ0v) is 26.4. The molecule has 0 bridgehead atoms. The van der Waals surface area contributed by atoms with Crippen molar-refractivity contribution in [2.24, 2.45) is 0 Å². The van der Waals surface area contributed by atoms with E-state index in [2.05, 4.69) is 158 Å². The lowest BCUT2D eigenvalue weighted by Gasteiger charge is -2.25. The second-order valence-electron chi connectivity index (χ2n) is 12.9. The van der Waals surface area contributed by atoms with E-state index < -0.39 is 0 Å². The number of hydrogen-bond donors (Lipinski definition) is 0. The number of nitrogens with zero attached hydrogens (tertiary/aromatic N) is 1. The van der Waals surface area contributed by atoms with E-state index in [0.717, 1.165) is 33.6 Å². The molecule has 3 heteroatoms. The van der Waals surface area contributed by atoms with Crippen molar-refractivity contribution in [3.63, 3.8) is 0 Å². The van der Waals surface area contributed by atoms with Crippen LogP contribution in [0.5, 0.6) is 0 Å². The summed E-state index contributed by atoms with van der Waals surface area (Å²) in [5, 5.41) is 7.47. The summed E-state index contributed by atoms with van der Waals surface area (Å²) in [5.41, 5.74) is 10.2. The van der Waals surface area contributed by atoms with Gasteiger partial charge in [-0.25, -0.2) is 0 Å². The Kier molecular flexibility index (Phi) is 5.25. The molecule has 0 atom stereocenters. The predicted octanol–water partition coefficient (Wildman–Crippen LogP) is 12.9. The molecule has 2 aromatic heterocycles. The molecule has 218 valence electrons. The predicted molar refractivity (Wildman–Crippen MR) is 196 cm³/mol. The van der Waals surface area contributed by atoms with Crippen LogP contribution in [0, 0.1) is 0 Å². The lowest BCUT2D eigenvalue weighted by molar-refractivity contribution is 0.658. The monoisotopic (exact) mass is 607 g/mol. The van der Waals surface area contributed by atoms with Crippen LogP contribution < -0.4 is 4.90 Å². The molecule has 1 aliphatic rings. The van der Waals surface area contributed by atoms with Gasteiger partial charge < -0.3 is 9.32 Å². The zero-order valence-electron chi connectivity index (χ0n) is 25.5. The van der Waals surface area contributed by atoms with Crippen LogP contribution in [0.3, 0.4) is 0 Å². The normalized spacial score (nSPS) is 13.6. The Labute approximate surface area is 270 Å². The standard InChI is InChI=1S/C43H29NOS/c1-43(2)34-20-10-8-18-32(34)39-40(43)31-17-7-6-16-30(31)38-33-19-12-21-35(41(33)45-42(38)39)44(26-13-4-3-5-14-26)27-23-24-29-28-15-9-11-22-36(28)46-37(29)25-27/h3-25H,1-2H3. The van der Waals surface area contributed by atoms with Crippen molar-refractivity contribution >= 4 is 81.3 Å². The molecule has 0 fully saturated rings. The first-order valence-electron chi connectivity index (χ1n) is 15.9. The van der Waals surface area contributed by atoms with Crippen LogP contribution in [0.1, 0.15) is 25.0 Å². The summed E-state index contributed by atoms with van der Waals surface area (Å²) in [6.45, 7) is 4.70. The number of rotatable bonds is 3. The minimum absolute atomic E-state index is 0.142. The first-order valence-corrected chi connectivity index (χ1v) is 16.7. The highest BCUT2D eigenvalue weighted by molar-refractivity contribution is 7.25. The van der Waals surface area contributed by atoms with Crippen molar-refractivity contribution in [3.8, 4) is 11.1 Å². The zero-order chi connectivity index (χ0) is 30.6. The van der Waals surface area contributed by atoms with Crippen LogP contribution in [0.4, 0.5) is 17.1 Å². The SMILES string of the molecule is CC1(C)c2ccccc2-c2c1c1ccccc1c1c2oc2c(N(c3ccccc3)c3ccc4c(c3)sc3ccccc34)cccc21. The van der Waals surface area contributed by atoms with Crippen LogP contribution in [0.2, 0.25) is 0 Å². The Morgan fingerprint density at radius 2 is 1.24 bits per heavy atom. The smallest absolute Gasteiger partial charge is 0.159 e. The van der Waals surface area contributed by atoms with Gasteiger partial charge in [0.05, 0.1) is 5.69 Å². The van der Waals surface area contributed by atoms with Gasteiger partial charge >= 0.3 is 0 Å². The third-order valence-corrected chi connectivity index (χ3v) is 11.1. The second-order valence-corrected chi connectivity index (χ2v) is 14.0. The second kappa shape index (κ2) is 9.32. The topological polar surface area (TPSA) is 16.4 Å². The minimum Gasteiger partial charge on any atom is -0.453 e. The van der Waals surface area contributed by atoms with Gasteiger partial charge in [-0.3, -0.25) is 0 Å². The van der Waals surface area contributed by atoms with Crippen LogP contribution in [0.15, 0.2) is 144 Å². The van der Waals surface area contributed by atoms with Crippen LogP contribution in [0.25, 0.3) is 64.0 Å². The highest BCUT2D eigenvalue weighted by atomic mass is 32.1. The highest BCUT2D eigenvalue weighted by Gasteiger charge is 2.39. The van der Waals surface area contributed by atoms with Gasteiger partial charge in [-0.1, -0.05) is 117 Å². The summed E-state index contributed by atoms with van der Waals surface area (Å²) >= 11 is 1.85. The largest absolute Gasteiger partial charge is 0.453 e. The third-order valence-electron chi connectivity index (χ3n) is 10.0. The lowest BCUT2D eigenvalue weighted by atomic mass is 9.79. The number of thiophene rings is 1. The Hall–Kier alpha value is -5.38. The van der Waals surface area contributed by atoms with Crippen molar-refractivity contribution in [1.82, 2.24) is 0 Å². The van der Waals surface area contributed by atoms with Crippen molar-refractivity contribution in [1.29, 1.82) is 0 Å². The quantitative estimate of drug-likeness (QED) is 0.199. The molecule has 10 rings (SSSR count).